The molecule has 1 amide bonds. The topological polar surface area (TPSA) is 61.4 Å². The monoisotopic (exact) mass is 511 g/mol. The summed E-state index contributed by atoms with van der Waals surface area (Å²) in [7, 11) is 0. The first-order valence-electron chi connectivity index (χ1n) is 11.3. The molecule has 0 aliphatic heterocycles. The fourth-order valence-electron chi connectivity index (χ4n) is 3.55. The summed E-state index contributed by atoms with van der Waals surface area (Å²) in [6.07, 6.45) is 0. The van der Waals surface area contributed by atoms with Crippen molar-refractivity contribution in [1.29, 1.82) is 0 Å². The quantitative estimate of drug-likeness (QED) is 0.149. The van der Waals surface area contributed by atoms with Crippen LogP contribution in [0.2, 0.25) is 0 Å². The zero-order chi connectivity index (χ0) is 25.3. The van der Waals surface area contributed by atoms with Crippen LogP contribution in [0.3, 0.4) is 0 Å². The van der Waals surface area contributed by atoms with E-state index in [4.69, 9.17) is 12.2 Å². The Bertz CT molecular complexity index is 1300. The highest BCUT2D eigenvalue weighted by molar-refractivity contribution is 8.00. The summed E-state index contributed by atoms with van der Waals surface area (Å²) in [6, 6.07) is 34.2. The highest BCUT2D eigenvalue weighted by Crippen LogP contribution is 2.28. The Kier molecular flexibility index (Phi) is 8.49. The number of carbonyl (C=O) groups is 2. The molecule has 0 fully saturated rings. The summed E-state index contributed by atoms with van der Waals surface area (Å²) in [5.41, 5.74) is 3.91. The predicted octanol–water partition coefficient (Wildman–Crippen LogP) is 7.16. The Hall–Kier alpha value is -3.94. The van der Waals surface area contributed by atoms with Gasteiger partial charge in [0.25, 0.3) is 0 Å². The van der Waals surface area contributed by atoms with Crippen LogP contribution in [0.25, 0.3) is 0 Å². The van der Waals surface area contributed by atoms with Crippen molar-refractivity contribution < 1.29 is 9.59 Å². The van der Waals surface area contributed by atoms with E-state index in [2.05, 4.69) is 10.6 Å². The highest BCUT2D eigenvalue weighted by atomic mass is 32.2. The van der Waals surface area contributed by atoms with Gasteiger partial charge in [0, 0.05) is 33.2 Å². The minimum atomic E-state index is -0.0121. The van der Waals surface area contributed by atoms with Gasteiger partial charge < -0.3 is 10.6 Å². The average molecular weight is 512 g/mol. The molecule has 0 aliphatic rings. The molecule has 0 unspecified atom stereocenters. The summed E-state index contributed by atoms with van der Waals surface area (Å²) >= 11 is 6.91. The third kappa shape index (κ3) is 6.81. The first kappa shape index (κ1) is 25.2. The van der Waals surface area contributed by atoms with E-state index < -0.39 is 0 Å². The maximum atomic E-state index is 13.3. The van der Waals surface area contributed by atoms with Gasteiger partial charge in [-0.05, 0) is 85.9 Å². The van der Waals surface area contributed by atoms with E-state index >= 15 is 0 Å². The van der Waals surface area contributed by atoms with Crippen LogP contribution in [0.4, 0.5) is 22.7 Å². The summed E-state index contributed by atoms with van der Waals surface area (Å²) in [6.45, 7) is 1.54. The lowest BCUT2D eigenvalue weighted by Crippen LogP contribution is -2.27. The fourth-order valence-corrected chi connectivity index (χ4v) is 4.59. The standard InChI is InChI=1S/C29H25N3O2S2/c1-21(33)22-15-17-23(18-16-22)30-29(35)31-24-9-8-14-27(19-24)36-20-28(34)32(25-10-4-2-5-11-25)26-12-6-3-7-13-26/h2-19H,20H2,1H3,(H2,30,31,35). The number of para-hydroxylation sites is 2. The molecule has 4 rings (SSSR count). The number of hydrogen-bond donors (Lipinski definition) is 2. The molecule has 0 spiro atoms. The zero-order valence-corrected chi connectivity index (χ0v) is 21.3. The number of nitrogens with one attached hydrogen (secondary N) is 2. The number of anilines is 4. The van der Waals surface area contributed by atoms with E-state index in [1.54, 1.807) is 17.0 Å². The number of ketones is 1. The lowest BCUT2D eigenvalue weighted by atomic mass is 10.1. The molecule has 0 aromatic heterocycles. The molecule has 7 heteroatoms. The number of hydrogen-bond acceptors (Lipinski definition) is 4. The number of nitrogens with zero attached hydrogens (tertiary/aromatic N) is 1. The molecular formula is C29H25N3O2S2. The second-order valence-electron chi connectivity index (χ2n) is 7.93. The molecule has 0 saturated heterocycles. The second kappa shape index (κ2) is 12.2. The molecule has 36 heavy (non-hydrogen) atoms. The third-order valence-corrected chi connectivity index (χ3v) is 6.46. The minimum absolute atomic E-state index is 0.0121. The molecule has 0 aliphatic carbocycles. The van der Waals surface area contributed by atoms with Gasteiger partial charge in [-0.3, -0.25) is 14.5 Å². The largest absolute Gasteiger partial charge is 0.332 e. The molecule has 0 saturated carbocycles. The first-order valence-corrected chi connectivity index (χ1v) is 12.7. The van der Waals surface area contributed by atoms with Gasteiger partial charge in [0.2, 0.25) is 5.91 Å². The normalized spacial score (nSPS) is 10.4. The van der Waals surface area contributed by atoms with Gasteiger partial charge in [-0.25, -0.2) is 0 Å². The van der Waals surface area contributed by atoms with Gasteiger partial charge in [0.15, 0.2) is 10.9 Å². The average Bonchev–Trinajstić information content (AvgIpc) is 2.89. The predicted molar refractivity (Wildman–Crippen MR) is 153 cm³/mol. The Morgan fingerprint density at radius 3 is 1.92 bits per heavy atom. The third-order valence-electron chi connectivity index (χ3n) is 5.28. The summed E-state index contributed by atoms with van der Waals surface area (Å²) in [5.74, 6) is 0.283. The Morgan fingerprint density at radius 1 is 0.750 bits per heavy atom. The minimum Gasteiger partial charge on any atom is -0.332 e. The smallest absolute Gasteiger partial charge is 0.241 e. The van der Waals surface area contributed by atoms with Crippen LogP contribution in [-0.2, 0) is 4.79 Å². The molecule has 5 nitrogen and oxygen atoms in total. The highest BCUT2D eigenvalue weighted by Gasteiger charge is 2.18. The maximum Gasteiger partial charge on any atom is 0.241 e. The van der Waals surface area contributed by atoms with Crippen molar-refractivity contribution in [3.63, 3.8) is 0 Å². The van der Waals surface area contributed by atoms with Crippen LogP contribution in [0, 0.1) is 0 Å². The molecule has 0 heterocycles. The van der Waals surface area contributed by atoms with Crippen LogP contribution < -0.4 is 15.5 Å². The van der Waals surface area contributed by atoms with Crippen molar-refractivity contribution in [3.05, 3.63) is 115 Å². The molecule has 0 radical (unpaired) electrons. The van der Waals surface area contributed by atoms with E-state index in [1.807, 2.05) is 97.1 Å². The van der Waals surface area contributed by atoms with Crippen molar-refractivity contribution in [2.75, 3.05) is 21.3 Å². The van der Waals surface area contributed by atoms with E-state index in [0.717, 1.165) is 27.6 Å². The van der Waals surface area contributed by atoms with E-state index in [1.165, 1.54) is 18.7 Å². The Balaban J connectivity index is 1.39. The number of carbonyl (C=O) groups excluding carboxylic acids is 2. The summed E-state index contributed by atoms with van der Waals surface area (Å²) < 4.78 is 0. The number of benzene rings is 4. The molecule has 4 aromatic carbocycles. The van der Waals surface area contributed by atoms with Crippen LogP contribution >= 0.6 is 24.0 Å². The Morgan fingerprint density at radius 2 is 1.33 bits per heavy atom. The molecule has 180 valence electrons. The van der Waals surface area contributed by atoms with Crippen molar-refractivity contribution in [2.24, 2.45) is 0 Å². The lowest BCUT2D eigenvalue weighted by Gasteiger charge is -2.23. The molecule has 4 aromatic rings. The van der Waals surface area contributed by atoms with E-state index in [9.17, 15) is 9.59 Å². The Labute approximate surface area is 220 Å². The van der Waals surface area contributed by atoms with Gasteiger partial charge in [-0.1, -0.05) is 42.5 Å². The van der Waals surface area contributed by atoms with Crippen molar-refractivity contribution in [1.82, 2.24) is 0 Å². The lowest BCUT2D eigenvalue weighted by molar-refractivity contribution is -0.115. The SMILES string of the molecule is CC(=O)c1ccc(NC(=S)Nc2cccc(SCC(=O)N(c3ccccc3)c3ccccc3)c2)cc1. The number of amides is 1. The fraction of sp³-hybridized carbons (Fsp3) is 0.0690. The molecule has 0 atom stereocenters. The molecule has 2 N–H and O–H groups in total. The summed E-state index contributed by atoms with van der Waals surface area (Å²) in [4.78, 5) is 27.4. The molecule has 0 bridgehead atoms. The van der Waals surface area contributed by atoms with Crippen molar-refractivity contribution in [2.45, 2.75) is 11.8 Å². The zero-order valence-electron chi connectivity index (χ0n) is 19.7. The van der Waals surface area contributed by atoms with Crippen LogP contribution in [-0.4, -0.2) is 22.6 Å². The maximum absolute atomic E-state index is 13.3. The van der Waals surface area contributed by atoms with Gasteiger partial charge in [0.1, 0.15) is 0 Å². The first-order chi connectivity index (χ1) is 17.5. The van der Waals surface area contributed by atoms with Crippen molar-refractivity contribution >= 4 is 63.5 Å². The van der Waals surface area contributed by atoms with E-state index in [0.29, 0.717) is 10.7 Å². The van der Waals surface area contributed by atoms with Crippen LogP contribution in [0.1, 0.15) is 17.3 Å². The van der Waals surface area contributed by atoms with E-state index in [-0.39, 0.29) is 17.4 Å². The van der Waals surface area contributed by atoms with Gasteiger partial charge in [-0.2, -0.15) is 0 Å². The second-order valence-corrected chi connectivity index (χ2v) is 9.39. The summed E-state index contributed by atoms with van der Waals surface area (Å²) in [5, 5.41) is 6.73. The number of thioether (sulfide) groups is 1. The number of rotatable bonds is 8. The van der Waals surface area contributed by atoms with Crippen molar-refractivity contribution in [3.8, 4) is 0 Å². The number of thiocarbonyl (C=S) groups is 1. The van der Waals surface area contributed by atoms with Gasteiger partial charge >= 0.3 is 0 Å². The van der Waals surface area contributed by atoms with Gasteiger partial charge in [0.05, 0.1) is 5.75 Å². The van der Waals surface area contributed by atoms with Crippen LogP contribution in [0.15, 0.2) is 114 Å². The van der Waals surface area contributed by atoms with Crippen LogP contribution in [0.5, 0.6) is 0 Å². The molecular weight excluding hydrogens is 486 g/mol. The number of Topliss-reactive ketones (excluding diaryl/α,β-unsaturated/α-hetero) is 1. The van der Waals surface area contributed by atoms with Gasteiger partial charge in [-0.15, -0.1) is 11.8 Å².